The van der Waals surface area contributed by atoms with Crippen molar-refractivity contribution < 1.29 is 14.3 Å². The molecule has 3 aromatic rings. The minimum Gasteiger partial charge on any atom is -0.448 e. The minimum atomic E-state index is -0.327. The second-order valence-corrected chi connectivity index (χ2v) is 5.81. The van der Waals surface area contributed by atoms with E-state index in [9.17, 15) is 4.79 Å². The van der Waals surface area contributed by atoms with Crippen LogP contribution in [0, 0.1) is 0 Å². The monoisotopic (exact) mass is 329 g/mol. The molecule has 126 valence electrons. The smallest absolute Gasteiger partial charge is 0.344 e. The first-order valence-electron chi connectivity index (χ1n) is 7.75. The summed E-state index contributed by atoms with van der Waals surface area (Å²) in [5, 5.41) is 19.8. The van der Waals surface area contributed by atoms with Gasteiger partial charge in [0.2, 0.25) is 0 Å². The third kappa shape index (κ3) is 3.28. The van der Waals surface area contributed by atoms with Crippen LogP contribution in [0.5, 0.6) is 0 Å². The van der Waals surface area contributed by atoms with Crippen molar-refractivity contribution in [2.24, 2.45) is 0 Å². The van der Waals surface area contributed by atoms with Crippen LogP contribution in [0.2, 0.25) is 0 Å². The second-order valence-electron chi connectivity index (χ2n) is 5.81. The van der Waals surface area contributed by atoms with E-state index >= 15 is 0 Å². The fourth-order valence-electron chi connectivity index (χ4n) is 2.60. The zero-order chi connectivity index (χ0) is 17.1. The zero-order valence-electron chi connectivity index (χ0n) is 13.5. The Kier molecular flexibility index (Phi) is 4.57. The highest BCUT2D eigenvalue weighted by molar-refractivity contribution is 5.87. The van der Waals surface area contributed by atoms with Crippen LogP contribution in [0.1, 0.15) is 37.8 Å². The molecule has 0 aliphatic heterocycles. The molecule has 1 amide bonds. The van der Waals surface area contributed by atoms with Gasteiger partial charge in [0.1, 0.15) is 17.5 Å². The van der Waals surface area contributed by atoms with E-state index in [1.54, 1.807) is 12.1 Å². The maximum absolute atomic E-state index is 12.4. The van der Waals surface area contributed by atoms with Crippen LogP contribution in [0.3, 0.4) is 0 Å². The number of fused-ring (bicyclic) bond motifs is 1. The van der Waals surface area contributed by atoms with E-state index in [1.807, 2.05) is 26.0 Å². The van der Waals surface area contributed by atoms with Gasteiger partial charge in [0.25, 0.3) is 0 Å². The predicted molar refractivity (Wildman–Crippen MR) is 86.4 cm³/mol. The summed E-state index contributed by atoms with van der Waals surface area (Å²) in [5.74, 6) is 0.555. The summed E-state index contributed by atoms with van der Waals surface area (Å²) < 4.78 is 6.60. The van der Waals surface area contributed by atoms with Crippen LogP contribution in [0.15, 0.2) is 34.9 Å². The molecule has 2 unspecified atom stereocenters. The number of carbonyl (C=O) groups is 1. The van der Waals surface area contributed by atoms with Gasteiger partial charge in [-0.3, -0.25) is 0 Å². The summed E-state index contributed by atoms with van der Waals surface area (Å²) in [7, 11) is 0. The highest BCUT2D eigenvalue weighted by Crippen LogP contribution is 2.20. The summed E-state index contributed by atoms with van der Waals surface area (Å²) in [6.45, 7) is 3.71. The normalized spacial score (nSPS) is 13.8. The summed E-state index contributed by atoms with van der Waals surface area (Å²) in [6.07, 6.45) is 2.08. The standard InChI is InChI=1S/C16H19N5O3/c1-10(15-18-12(8-22)9-24-15)7-11(2)17-16(23)21-14-6-4-3-5-13(14)19-20-21/h3-6,9-11,22H,7-8H2,1-2H3,(H,17,23). The molecule has 0 aliphatic carbocycles. The number of hydrogen-bond acceptors (Lipinski definition) is 6. The number of hydrogen-bond donors (Lipinski definition) is 2. The zero-order valence-corrected chi connectivity index (χ0v) is 13.5. The maximum atomic E-state index is 12.4. The lowest BCUT2D eigenvalue weighted by molar-refractivity contribution is 0.235. The number of aromatic nitrogens is 4. The van der Waals surface area contributed by atoms with Crippen molar-refractivity contribution in [3.05, 3.63) is 42.1 Å². The van der Waals surface area contributed by atoms with E-state index in [-0.39, 0.29) is 24.6 Å². The molecule has 0 aliphatic rings. The van der Waals surface area contributed by atoms with Crippen molar-refractivity contribution in [2.75, 3.05) is 0 Å². The number of nitrogens with zero attached hydrogens (tertiary/aromatic N) is 4. The Hall–Kier alpha value is -2.74. The van der Waals surface area contributed by atoms with Crippen molar-refractivity contribution >= 4 is 17.1 Å². The number of carbonyl (C=O) groups excluding carboxylic acids is 1. The van der Waals surface area contributed by atoms with Gasteiger partial charge in [0, 0.05) is 12.0 Å². The molecule has 3 rings (SSSR count). The summed E-state index contributed by atoms with van der Waals surface area (Å²) >= 11 is 0. The van der Waals surface area contributed by atoms with Gasteiger partial charge < -0.3 is 14.8 Å². The van der Waals surface area contributed by atoms with Gasteiger partial charge >= 0.3 is 6.03 Å². The average molecular weight is 329 g/mol. The molecule has 0 fully saturated rings. The lowest BCUT2D eigenvalue weighted by Crippen LogP contribution is -2.37. The van der Waals surface area contributed by atoms with Crippen molar-refractivity contribution in [2.45, 2.75) is 38.8 Å². The lowest BCUT2D eigenvalue weighted by atomic mass is 10.0. The van der Waals surface area contributed by atoms with E-state index in [4.69, 9.17) is 9.52 Å². The number of rotatable bonds is 5. The van der Waals surface area contributed by atoms with Crippen molar-refractivity contribution in [1.82, 2.24) is 25.3 Å². The number of para-hydroxylation sites is 1. The molecular formula is C16H19N5O3. The Labute approximate surface area is 138 Å². The van der Waals surface area contributed by atoms with Gasteiger partial charge in [0.15, 0.2) is 5.89 Å². The Bertz CT molecular complexity index is 841. The molecule has 24 heavy (non-hydrogen) atoms. The van der Waals surface area contributed by atoms with Gasteiger partial charge in [-0.25, -0.2) is 9.78 Å². The van der Waals surface area contributed by atoms with E-state index in [0.717, 1.165) is 0 Å². The van der Waals surface area contributed by atoms with Gasteiger partial charge in [-0.05, 0) is 25.5 Å². The molecule has 0 saturated carbocycles. The average Bonchev–Trinajstić information content (AvgIpc) is 3.21. The first-order valence-corrected chi connectivity index (χ1v) is 7.75. The van der Waals surface area contributed by atoms with Gasteiger partial charge in [0.05, 0.1) is 12.1 Å². The van der Waals surface area contributed by atoms with Crippen LogP contribution < -0.4 is 5.32 Å². The highest BCUT2D eigenvalue weighted by atomic mass is 16.3. The number of aliphatic hydroxyl groups is 1. The molecule has 0 saturated heterocycles. The molecule has 0 radical (unpaired) electrons. The van der Waals surface area contributed by atoms with Crippen LogP contribution in [-0.2, 0) is 6.61 Å². The molecular weight excluding hydrogens is 310 g/mol. The van der Waals surface area contributed by atoms with Crippen LogP contribution in [0.4, 0.5) is 4.79 Å². The third-order valence-corrected chi connectivity index (χ3v) is 3.77. The fraction of sp³-hybridized carbons (Fsp3) is 0.375. The van der Waals surface area contributed by atoms with Gasteiger partial charge in [-0.2, -0.15) is 4.68 Å². The molecule has 2 aromatic heterocycles. The topological polar surface area (TPSA) is 106 Å². The van der Waals surface area contributed by atoms with Crippen LogP contribution in [0.25, 0.3) is 11.0 Å². The van der Waals surface area contributed by atoms with E-state index in [2.05, 4.69) is 20.6 Å². The Morgan fingerprint density at radius 2 is 2.17 bits per heavy atom. The first kappa shape index (κ1) is 16.1. The lowest BCUT2D eigenvalue weighted by Gasteiger charge is -2.16. The number of benzene rings is 1. The highest BCUT2D eigenvalue weighted by Gasteiger charge is 2.19. The van der Waals surface area contributed by atoms with Crippen LogP contribution in [-0.4, -0.2) is 37.2 Å². The quantitative estimate of drug-likeness (QED) is 0.742. The van der Waals surface area contributed by atoms with E-state index in [0.29, 0.717) is 29.0 Å². The molecule has 2 heterocycles. The molecule has 2 atom stereocenters. The maximum Gasteiger partial charge on any atom is 0.344 e. The largest absolute Gasteiger partial charge is 0.448 e. The minimum absolute atomic E-state index is 0.00749. The van der Waals surface area contributed by atoms with Gasteiger partial charge in [-0.15, -0.1) is 5.10 Å². The Morgan fingerprint density at radius 3 is 2.92 bits per heavy atom. The second kappa shape index (κ2) is 6.79. The molecule has 2 N–H and O–H groups in total. The molecule has 1 aromatic carbocycles. The van der Waals surface area contributed by atoms with E-state index in [1.165, 1.54) is 10.9 Å². The van der Waals surface area contributed by atoms with Gasteiger partial charge in [-0.1, -0.05) is 24.3 Å². The van der Waals surface area contributed by atoms with Crippen molar-refractivity contribution in [3.8, 4) is 0 Å². The predicted octanol–water partition coefficient (Wildman–Crippen LogP) is 2.05. The number of aliphatic hydroxyl groups excluding tert-OH is 1. The van der Waals surface area contributed by atoms with Crippen LogP contribution >= 0.6 is 0 Å². The SMILES string of the molecule is CC(CC(C)c1nc(CO)co1)NC(=O)n1nnc2ccccc21. The molecule has 8 nitrogen and oxygen atoms in total. The third-order valence-electron chi connectivity index (χ3n) is 3.77. The molecule has 8 heteroatoms. The Morgan fingerprint density at radius 1 is 1.38 bits per heavy atom. The first-order chi connectivity index (χ1) is 11.6. The number of nitrogens with one attached hydrogen (secondary N) is 1. The summed E-state index contributed by atoms with van der Waals surface area (Å²) in [6, 6.07) is 6.85. The Balaban J connectivity index is 1.63. The number of oxazole rings is 1. The van der Waals surface area contributed by atoms with Crippen molar-refractivity contribution in [3.63, 3.8) is 0 Å². The molecule has 0 bridgehead atoms. The van der Waals surface area contributed by atoms with Crippen molar-refractivity contribution in [1.29, 1.82) is 0 Å². The number of amides is 1. The summed E-state index contributed by atoms with van der Waals surface area (Å²) in [5.41, 5.74) is 1.84. The van der Waals surface area contributed by atoms with E-state index < -0.39 is 0 Å². The summed E-state index contributed by atoms with van der Waals surface area (Å²) in [4.78, 5) is 16.6. The molecule has 0 spiro atoms. The fourth-order valence-corrected chi connectivity index (χ4v) is 2.60.